The number of Topliss-reactive ketones (excluding diaryl/α,β-unsaturated/α-hetero) is 1. The summed E-state index contributed by atoms with van der Waals surface area (Å²) >= 11 is 0. The zero-order valence-corrected chi connectivity index (χ0v) is 33.7. The molecule has 1 aromatic rings. The van der Waals surface area contributed by atoms with E-state index in [1.165, 1.54) is 13.8 Å². The Balaban J connectivity index is 1.49. The molecule has 5 aliphatic rings. The van der Waals surface area contributed by atoms with Crippen molar-refractivity contribution in [1.29, 1.82) is 0 Å². The third kappa shape index (κ3) is 7.56. The Morgan fingerprint density at radius 1 is 0.877 bits per heavy atom. The number of esters is 3. The highest BCUT2D eigenvalue weighted by molar-refractivity contribution is 5.93. The lowest BCUT2D eigenvalue weighted by Gasteiger charge is -2.67. The highest BCUT2D eigenvalue weighted by atomic mass is 16.6. The number of hydrogen-bond acceptors (Lipinski definition) is 13. The summed E-state index contributed by atoms with van der Waals surface area (Å²) in [6, 6.07) is 7.30. The van der Waals surface area contributed by atoms with Crippen molar-refractivity contribution < 1.29 is 63.3 Å². The van der Waals surface area contributed by atoms with E-state index in [1.54, 1.807) is 51.1 Å². The molecule has 2 heterocycles. The number of aliphatic hydroxyl groups is 4. The zero-order valence-electron chi connectivity index (χ0n) is 33.7. The second kappa shape index (κ2) is 16.5. The summed E-state index contributed by atoms with van der Waals surface area (Å²) in [6.07, 6.45) is -3.51. The van der Waals surface area contributed by atoms with Gasteiger partial charge in [-0.1, -0.05) is 82.7 Å². The number of ether oxygens (including phenoxy) is 4. The van der Waals surface area contributed by atoms with Crippen molar-refractivity contribution in [3.8, 4) is 0 Å². The van der Waals surface area contributed by atoms with Gasteiger partial charge in [0.2, 0.25) is 5.91 Å². The number of nitrogens with one attached hydrogen (secondary N) is 1. The minimum atomic E-state index is -2.25. The Bertz CT molecular complexity index is 1740. The SMILES string of the molecule is CC(=O)OC12COC1CC(O)C1(C)C(=O)C(O)C3=C(C)C4CC(O)(C(OC(=O)CCCCCCCCCCC(=O)NC(c5ccccc5)C(O)C(=O)O4)C21)C3(C)C. The number of hydrogen-bond donors (Lipinski definition) is 5. The van der Waals surface area contributed by atoms with Crippen molar-refractivity contribution in [2.45, 2.75) is 166 Å². The van der Waals surface area contributed by atoms with Crippen LogP contribution in [-0.2, 0) is 42.9 Å². The van der Waals surface area contributed by atoms with Gasteiger partial charge in [-0.25, -0.2) is 4.79 Å². The lowest BCUT2D eigenvalue weighted by Crippen LogP contribution is -2.81. The lowest BCUT2D eigenvalue weighted by molar-refractivity contribution is -0.347. The van der Waals surface area contributed by atoms with Crippen LogP contribution in [0.25, 0.3) is 0 Å². The molecule has 2 saturated carbocycles. The van der Waals surface area contributed by atoms with Crippen LogP contribution in [0.2, 0.25) is 0 Å². The van der Waals surface area contributed by atoms with Crippen LogP contribution in [0.5, 0.6) is 0 Å². The maximum atomic E-state index is 14.9. The molecule has 11 atom stereocenters. The number of ketones is 1. The van der Waals surface area contributed by atoms with Gasteiger partial charge < -0.3 is 44.7 Å². The summed E-state index contributed by atoms with van der Waals surface area (Å²) in [5.74, 6) is -5.20. The topological polar surface area (TPSA) is 215 Å². The van der Waals surface area contributed by atoms with Crippen molar-refractivity contribution in [3.63, 3.8) is 0 Å². The van der Waals surface area contributed by atoms with Crippen molar-refractivity contribution >= 4 is 29.6 Å². The Morgan fingerprint density at radius 2 is 1.49 bits per heavy atom. The Labute approximate surface area is 333 Å². The van der Waals surface area contributed by atoms with Crippen molar-refractivity contribution in [2.24, 2.45) is 16.7 Å². The van der Waals surface area contributed by atoms with Crippen LogP contribution in [0.4, 0.5) is 0 Å². The second-order valence-electron chi connectivity index (χ2n) is 17.5. The Hall–Kier alpha value is -3.69. The van der Waals surface area contributed by atoms with Gasteiger partial charge in [-0.2, -0.15) is 0 Å². The van der Waals surface area contributed by atoms with E-state index in [4.69, 9.17) is 18.9 Å². The molecule has 3 aliphatic carbocycles. The fourth-order valence-corrected chi connectivity index (χ4v) is 10.4. The van der Waals surface area contributed by atoms with E-state index in [9.17, 15) is 44.4 Å². The molecule has 1 amide bonds. The molecule has 6 rings (SSSR count). The van der Waals surface area contributed by atoms with Crippen LogP contribution in [0.3, 0.4) is 0 Å². The number of carbonyl (C=O) groups excluding carboxylic acids is 5. The monoisotopic (exact) mass is 797 g/mol. The number of fused-ring (bicyclic) bond motifs is 6. The third-order valence-electron chi connectivity index (χ3n) is 13.8. The molecule has 57 heavy (non-hydrogen) atoms. The summed E-state index contributed by atoms with van der Waals surface area (Å²) in [7, 11) is 0. The van der Waals surface area contributed by atoms with E-state index >= 15 is 0 Å². The van der Waals surface area contributed by atoms with Crippen LogP contribution < -0.4 is 5.32 Å². The van der Waals surface area contributed by atoms with Crippen LogP contribution >= 0.6 is 0 Å². The van der Waals surface area contributed by atoms with Crippen LogP contribution in [0.15, 0.2) is 41.5 Å². The first-order valence-electron chi connectivity index (χ1n) is 20.5. The Morgan fingerprint density at radius 3 is 2.09 bits per heavy atom. The summed E-state index contributed by atoms with van der Waals surface area (Å²) in [5, 5.41) is 51.8. The van der Waals surface area contributed by atoms with Gasteiger partial charge in [-0.15, -0.1) is 0 Å². The minimum Gasteiger partial charge on any atom is -0.459 e. The first-order chi connectivity index (χ1) is 26.9. The molecule has 1 aromatic carbocycles. The first kappa shape index (κ1) is 42.9. The van der Waals surface area contributed by atoms with Crippen LogP contribution in [0, 0.1) is 16.7 Å². The molecule has 0 aromatic heterocycles. The zero-order chi connectivity index (χ0) is 41.5. The second-order valence-corrected chi connectivity index (χ2v) is 17.5. The number of carbonyl (C=O) groups is 5. The van der Waals surface area contributed by atoms with Gasteiger partial charge in [-0.3, -0.25) is 19.2 Å². The lowest BCUT2D eigenvalue weighted by atomic mass is 9.44. The molecule has 11 unspecified atom stereocenters. The summed E-state index contributed by atoms with van der Waals surface area (Å²) in [4.78, 5) is 69.0. The van der Waals surface area contributed by atoms with Gasteiger partial charge in [0.1, 0.15) is 30.0 Å². The molecule has 2 saturated heterocycles. The summed E-state index contributed by atoms with van der Waals surface area (Å²) in [6.45, 7) is 7.12. The van der Waals surface area contributed by atoms with Crippen LogP contribution in [-0.4, -0.2) is 104 Å². The fourth-order valence-electron chi connectivity index (χ4n) is 10.4. The number of benzene rings is 1. The standard InChI is InChI=1S/C43H59NO13/c1-24-27-22-43(53)38(36-41(5,37(51)34(49)32(24)40(43,3)4)28(46)21-29-42(36,23-54-29)57-25(2)45)56-31(48)20-16-11-9-7-6-8-10-15-19-30(47)44-33(35(50)39(52)55-27)26-17-13-12-14-18-26/h12-14,17-18,27-29,33-36,38,46,49-50,53H,6-11,15-16,19-23H2,1-5H3,(H,44,47). The summed E-state index contributed by atoms with van der Waals surface area (Å²) < 4.78 is 24.2. The molecule has 14 nitrogen and oxygen atoms in total. The first-order valence-corrected chi connectivity index (χ1v) is 20.5. The van der Waals surface area contributed by atoms with Crippen molar-refractivity contribution in [2.75, 3.05) is 6.61 Å². The molecule has 3 bridgehead atoms. The van der Waals surface area contributed by atoms with Gasteiger partial charge >= 0.3 is 17.9 Å². The van der Waals surface area contributed by atoms with Crippen molar-refractivity contribution in [3.05, 3.63) is 47.0 Å². The maximum Gasteiger partial charge on any atom is 0.338 e. The molecule has 4 fully saturated rings. The number of rotatable bonds is 2. The van der Waals surface area contributed by atoms with Gasteiger partial charge in [0, 0.05) is 38.0 Å². The van der Waals surface area contributed by atoms with Gasteiger partial charge in [-0.05, 0) is 43.4 Å². The fraction of sp³-hybridized carbons (Fsp3) is 0.698. The largest absolute Gasteiger partial charge is 0.459 e. The van der Waals surface area contributed by atoms with E-state index in [2.05, 4.69) is 5.32 Å². The van der Waals surface area contributed by atoms with E-state index in [-0.39, 0.29) is 42.9 Å². The van der Waals surface area contributed by atoms with Gasteiger partial charge in [0.05, 0.1) is 30.1 Å². The number of aliphatic hydroxyl groups excluding tert-OH is 3. The molecule has 314 valence electrons. The molecule has 14 heteroatoms. The molecule has 0 spiro atoms. The molecule has 5 N–H and O–H groups in total. The highest BCUT2D eigenvalue weighted by Crippen LogP contribution is 2.64. The average molecular weight is 798 g/mol. The molecule has 0 radical (unpaired) electrons. The highest BCUT2D eigenvalue weighted by Gasteiger charge is 2.78. The predicted molar refractivity (Wildman–Crippen MR) is 203 cm³/mol. The van der Waals surface area contributed by atoms with E-state index < -0.39 is 101 Å². The molecular formula is C43H59NO13. The van der Waals surface area contributed by atoms with E-state index in [0.717, 1.165) is 38.5 Å². The van der Waals surface area contributed by atoms with Gasteiger partial charge in [0.25, 0.3) is 0 Å². The van der Waals surface area contributed by atoms with Crippen molar-refractivity contribution in [1.82, 2.24) is 5.32 Å². The number of amides is 1. The smallest absolute Gasteiger partial charge is 0.338 e. The van der Waals surface area contributed by atoms with Crippen LogP contribution in [0.1, 0.15) is 123 Å². The minimum absolute atomic E-state index is 0.00245. The normalized spacial score (nSPS) is 39.6. The quantitative estimate of drug-likeness (QED) is 0.165. The average Bonchev–Trinajstić information content (AvgIpc) is 3.15. The molecular weight excluding hydrogens is 738 g/mol. The molecule has 2 aliphatic heterocycles. The maximum absolute atomic E-state index is 14.9. The Kier molecular flexibility index (Phi) is 12.4. The van der Waals surface area contributed by atoms with E-state index in [0.29, 0.717) is 18.4 Å². The summed E-state index contributed by atoms with van der Waals surface area (Å²) in [5.41, 5.74) is -6.75. The van der Waals surface area contributed by atoms with E-state index in [1.807, 2.05) is 0 Å². The predicted octanol–water partition coefficient (Wildman–Crippen LogP) is 3.45. The third-order valence-corrected chi connectivity index (χ3v) is 13.8. The van der Waals surface area contributed by atoms with Gasteiger partial charge in [0.15, 0.2) is 17.5 Å².